The molecule has 0 bridgehead atoms. The Bertz CT molecular complexity index is 1340. The Morgan fingerprint density at radius 1 is 0.528 bits per heavy atom. The summed E-state index contributed by atoms with van der Waals surface area (Å²) in [5.41, 5.74) is 0. The van der Waals surface area contributed by atoms with E-state index in [4.69, 9.17) is 4.74 Å². The van der Waals surface area contributed by atoms with E-state index in [0.29, 0.717) is 0 Å². The predicted molar refractivity (Wildman–Crippen MR) is 154 cm³/mol. The third kappa shape index (κ3) is 9.02. The second-order valence-corrected chi connectivity index (χ2v) is 10.4. The van der Waals surface area contributed by atoms with Crippen LogP contribution >= 0.6 is 0 Å². The summed E-state index contributed by atoms with van der Waals surface area (Å²) in [6, 6.07) is 0. The molecule has 0 N–H and O–H groups in total. The Labute approximate surface area is 216 Å². The minimum Gasteiger partial charge on any atom is -0.457 e. The number of ether oxygens (including phenoxy) is 1. The minimum absolute atomic E-state index is 0.0313. The Morgan fingerprint density at radius 2 is 0.917 bits per heavy atom. The van der Waals surface area contributed by atoms with Crippen molar-refractivity contribution in [1.29, 1.82) is 0 Å². The molecular weight excluding hydrogens is 492 g/mol. The van der Waals surface area contributed by atoms with Gasteiger partial charge in [-0.1, -0.05) is 94.7 Å². The van der Waals surface area contributed by atoms with Gasteiger partial charge in [0.25, 0.3) is 0 Å². The fraction of sp³-hybridized carbons (Fsp3) is 0.0345. The molecule has 0 aromatic rings. The number of rotatable bonds is 16. The SMILES string of the molecule is C=C/C=C\C=C(/C=C)S(=O)(=O)/C(C=C)=C/C=C(\C=C)O/C(C=C)=C/C=C(\C=C)S(=O)(=O)/C(C=C)=C/C. The summed E-state index contributed by atoms with van der Waals surface area (Å²) < 4.78 is 56.9. The van der Waals surface area contributed by atoms with Gasteiger partial charge in [-0.05, 0) is 49.5 Å². The lowest BCUT2D eigenvalue weighted by molar-refractivity contribution is 0.337. The second-order valence-electron chi connectivity index (χ2n) is 6.49. The average Bonchev–Trinajstić information content (AvgIpc) is 2.85. The van der Waals surface area contributed by atoms with Crippen LogP contribution < -0.4 is 0 Å². The second kappa shape index (κ2) is 15.9. The first-order chi connectivity index (χ1) is 17.0. The standard InChI is InChI=1S/C29H32O5S2/c1-9-17-18-19-27(14-6)36(32,33)29(16-8)23-21-25(11-3)34-24(10-2)20-22-28(15-7)35(30,31)26(12-4)13-5/h9-23H,1-4,6-8H2,5H3/b18-17-,24-20+,25-21+,26-13+,27-19+,28-22+,29-23+. The highest BCUT2D eigenvalue weighted by atomic mass is 32.2. The Balaban J connectivity index is 6.36. The van der Waals surface area contributed by atoms with Gasteiger partial charge in [-0.3, -0.25) is 0 Å². The van der Waals surface area contributed by atoms with Crippen molar-refractivity contribution in [1.82, 2.24) is 0 Å². The zero-order valence-corrected chi connectivity index (χ0v) is 22.1. The Morgan fingerprint density at radius 3 is 1.25 bits per heavy atom. The van der Waals surface area contributed by atoms with Crippen LogP contribution in [0.15, 0.2) is 168 Å². The Kier molecular flexibility index (Phi) is 14.1. The molecule has 36 heavy (non-hydrogen) atoms. The molecule has 0 amide bonds. The van der Waals surface area contributed by atoms with E-state index >= 15 is 0 Å². The van der Waals surface area contributed by atoms with Gasteiger partial charge in [0.15, 0.2) is 0 Å². The summed E-state index contributed by atoms with van der Waals surface area (Å²) >= 11 is 0. The molecule has 0 aromatic heterocycles. The van der Waals surface area contributed by atoms with Crippen molar-refractivity contribution in [2.24, 2.45) is 0 Å². The monoisotopic (exact) mass is 524 g/mol. The van der Waals surface area contributed by atoms with E-state index in [2.05, 4.69) is 46.1 Å². The first-order valence-corrected chi connectivity index (χ1v) is 13.4. The van der Waals surface area contributed by atoms with Crippen LogP contribution in [-0.4, -0.2) is 16.8 Å². The van der Waals surface area contributed by atoms with Gasteiger partial charge in [-0.25, -0.2) is 16.8 Å². The van der Waals surface area contributed by atoms with E-state index in [9.17, 15) is 16.8 Å². The normalized spacial score (nSPS) is 14.7. The molecule has 0 aliphatic rings. The highest BCUT2D eigenvalue weighted by Crippen LogP contribution is 2.22. The number of sulfone groups is 2. The molecule has 0 fully saturated rings. The van der Waals surface area contributed by atoms with Gasteiger partial charge in [0, 0.05) is 0 Å². The molecule has 0 aliphatic carbocycles. The van der Waals surface area contributed by atoms with Crippen LogP contribution in [0.25, 0.3) is 0 Å². The lowest BCUT2D eigenvalue weighted by atomic mass is 10.3. The smallest absolute Gasteiger partial charge is 0.206 e. The van der Waals surface area contributed by atoms with E-state index in [1.165, 1.54) is 85.1 Å². The predicted octanol–water partition coefficient (Wildman–Crippen LogP) is 7.01. The first kappa shape index (κ1) is 32.1. The van der Waals surface area contributed by atoms with Gasteiger partial charge in [0.05, 0.1) is 19.6 Å². The maximum atomic E-state index is 12.9. The third-order valence-corrected chi connectivity index (χ3v) is 8.09. The maximum Gasteiger partial charge on any atom is 0.206 e. The molecule has 5 nitrogen and oxygen atoms in total. The molecule has 0 rings (SSSR count). The van der Waals surface area contributed by atoms with Gasteiger partial charge in [-0.2, -0.15) is 0 Å². The van der Waals surface area contributed by atoms with Crippen molar-refractivity contribution in [3.05, 3.63) is 168 Å². The van der Waals surface area contributed by atoms with Crippen molar-refractivity contribution >= 4 is 19.7 Å². The van der Waals surface area contributed by atoms with Gasteiger partial charge in [0.2, 0.25) is 19.7 Å². The molecule has 190 valence electrons. The van der Waals surface area contributed by atoms with E-state index < -0.39 is 19.7 Å². The molecule has 0 radical (unpaired) electrons. The highest BCUT2D eigenvalue weighted by Gasteiger charge is 2.19. The van der Waals surface area contributed by atoms with Gasteiger partial charge >= 0.3 is 0 Å². The molecule has 0 aromatic carbocycles. The first-order valence-electron chi connectivity index (χ1n) is 10.5. The van der Waals surface area contributed by atoms with Crippen LogP contribution in [0.1, 0.15) is 6.92 Å². The summed E-state index contributed by atoms with van der Waals surface area (Å²) in [5, 5.41) is 0. The molecule has 7 heteroatoms. The average molecular weight is 525 g/mol. The van der Waals surface area contributed by atoms with Crippen LogP contribution in [0, 0.1) is 0 Å². The summed E-state index contributed by atoms with van der Waals surface area (Å²) in [6.07, 6.45) is 20.3. The quantitative estimate of drug-likeness (QED) is 0.160. The van der Waals surface area contributed by atoms with E-state index in [0.717, 1.165) is 0 Å². The molecule has 0 aliphatic heterocycles. The topological polar surface area (TPSA) is 77.5 Å². The number of hydrogen-bond donors (Lipinski definition) is 0. The van der Waals surface area contributed by atoms with Crippen LogP contribution in [0.2, 0.25) is 0 Å². The van der Waals surface area contributed by atoms with E-state index in [1.54, 1.807) is 13.0 Å². The van der Waals surface area contributed by atoms with Crippen LogP contribution in [0.4, 0.5) is 0 Å². The maximum absolute atomic E-state index is 12.9. The van der Waals surface area contributed by atoms with Gasteiger partial charge < -0.3 is 4.74 Å². The summed E-state index contributed by atoms with van der Waals surface area (Å²) in [5.74, 6) is 0.344. The molecule has 0 heterocycles. The van der Waals surface area contributed by atoms with Crippen molar-refractivity contribution in [2.75, 3.05) is 0 Å². The molecule has 0 unspecified atom stereocenters. The molecule has 0 spiro atoms. The van der Waals surface area contributed by atoms with Crippen molar-refractivity contribution < 1.29 is 21.6 Å². The van der Waals surface area contributed by atoms with Gasteiger partial charge in [0.1, 0.15) is 11.5 Å². The largest absolute Gasteiger partial charge is 0.457 e. The van der Waals surface area contributed by atoms with Crippen LogP contribution in [-0.2, 0) is 24.4 Å². The molecule has 0 saturated heterocycles. The lowest BCUT2D eigenvalue weighted by Crippen LogP contribution is -2.04. The zero-order chi connectivity index (χ0) is 27.8. The minimum atomic E-state index is -3.91. The molecule has 0 saturated carbocycles. The number of allylic oxidation sites excluding steroid dienone is 15. The zero-order valence-electron chi connectivity index (χ0n) is 20.5. The van der Waals surface area contributed by atoms with Gasteiger partial charge in [-0.15, -0.1) is 0 Å². The van der Waals surface area contributed by atoms with E-state index in [-0.39, 0.29) is 31.1 Å². The molecule has 0 atom stereocenters. The fourth-order valence-electron chi connectivity index (χ4n) is 2.44. The van der Waals surface area contributed by atoms with Crippen LogP contribution in [0.5, 0.6) is 0 Å². The number of hydrogen-bond acceptors (Lipinski definition) is 5. The van der Waals surface area contributed by atoms with E-state index in [1.807, 2.05) is 0 Å². The summed E-state index contributed by atoms with van der Waals surface area (Å²) in [4.78, 5) is -0.171. The highest BCUT2D eigenvalue weighted by molar-refractivity contribution is 7.99. The summed E-state index contributed by atoms with van der Waals surface area (Å²) in [6.45, 7) is 26.6. The lowest BCUT2D eigenvalue weighted by Gasteiger charge is -2.08. The fourth-order valence-corrected chi connectivity index (χ4v) is 4.92. The van der Waals surface area contributed by atoms with Crippen LogP contribution in [0.3, 0.4) is 0 Å². The van der Waals surface area contributed by atoms with Crippen molar-refractivity contribution in [2.45, 2.75) is 6.92 Å². The van der Waals surface area contributed by atoms with Crippen molar-refractivity contribution in [3.63, 3.8) is 0 Å². The summed E-state index contributed by atoms with van der Waals surface area (Å²) in [7, 11) is -7.71. The molecular formula is C29H32O5S2. The van der Waals surface area contributed by atoms with Crippen molar-refractivity contribution in [3.8, 4) is 0 Å². The Hall–Kier alpha value is -3.94. The third-order valence-electron chi connectivity index (χ3n) is 4.30.